The number of esters is 1. The number of ether oxygens (including phenoxy) is 1. The second kappa shape index (κ2) is 8.54. The minimum absolute atomic E-state index is 0.0505. The third-order valence-electron chi connectivity index (χ3n) is 11.5. The van der Waals surface area contributed by atoms with Gasteiger partial charge >= 0.3 is 17.9 Å². The van der Waals surface area contributed by atoms with Crippen molar-refractivity contribution in [2.45, 2.75) is 100 Å². The topological polar surface area (TPSA) is 121 Å². The van der Waals surface area contributed by atoms with Gasteiger partial charge in [0.05, 0.1) is 5.56 Å². The van der Waals surface area contributed by atoms with E-state index in [0.717, 1.165) is 74.0 Å². The quantitative estimate of drug-likeness (QED) is 0.445. The molecule has 8 saturated carbocycles. The van der Waals surface area contributed by atoms with E-state index < -0.39 is 30.1 Å². The molecule has 7 nitrogen and oxygen atoms in total. The third-order valence-corrected chi connectivity index (χ3v) is 11.5. The van der Waals surface area contributed by atoms with Crippen LogP contribution in [0.15, 0.2) is 18.2 Å². The largest absolute Gasteiger partial charge is 0.479 e. The molecule has 8 fully saturated rings. The fourth-order valence-electron chi connectivity index (χ4n) is 10.8. The van der Waals surface area contributed by atoms with E-state index >= 15 is 0 Å². The summed E-state index contributed by atoms with van der Waals surface area (Å²) >= 11 is 0. The highest BCUT2D eigenvalue weighted by Crippen LogP contribution is 2.63. The van der Waals surface area contributed by atoms with Gasteiger partial charge in [-0.25, -0.2) is 14.4 Å². The van der Waals surface area contributed by atoms with E-state index in [1.165, 1.54) is 49.7 Å². The summed E-state index contributed by atoms with van der Waals surface area (Å²) in [6, 6.07) is 6.22. The van der Waals surface area contributed by atoms with E-state index in [2.05, 4.69) is 6.07 Å². The number of rotatable bonds is 7. The Morgan fingerprint density at radius 1 is 0.658 bits per heavy atom. The molecule has 1 aromatic rings. The van der Waals surface area contributed by atoms with E-state index in [1.54, 1.807) is 0 Å². The average molecular weight is 523 g/mol. The number of benzene rings is 1. The van der Waals surface area contributed by atoms with Crippen LogP contribution in [0.2, 0.25) is 0 Å². The standard InChI is InChI=1S/C31H38O7/c32-25(27(33)34)26(28(35)36)38-29(37)22-7-23(30-10-16-1-17(11-30)3-18(2-16)12-30)9-24(8-22)31-13-19-4-20(14-31)6-21(5-19)15-31/h7-9,16-21,25-26,32H,1-6,10-15H2,(H,33,34)(H,35,36)/t16?,17?,18?,19?,20?,21?,25-,26+,30?,31?/m0/s1. The zero-order valence-corrected chi connectivity index (χ0v) is 21.8. The number of aliphatic hydroxyl groups is 1. The molecule has 1 aromatic carbocycles. The summed E-state index contributed by atoms with van der Waals surface area (Å²) in [5.41, 5.74) is 2.79. The highest BCUT2D eigenvalue weighted by molar-refractivity contribution is 5.93. The first-order valence-corrected chi connectivity index (χ1v) is 14.6. The number of carbonyl (C=O) groups excluding carboxylic acids is 1. The van der Waals surface area contributed by atoms with Crippen molar-refractivity contribution in [3.8, 4) is 0 Å². The molecule has 2 atom stereocenters. The van der Waals surface area contributed by atoms with Crippen molar-refractivity contribution in [2.24, 2.45) is 35.5 Å². The molecule has 0 unspecified atom stereocenters. The maximum atomic E-state index is 13.5. The fourth-order valence-corrected chi connectivity index (χ4v) is 10.8. The Kier molecular flexibility index (Phi) is 5.53. The number of hydrogen-bond acceptors (Lipinski definition) is 5. The Labute approximate surface area is 223 Å². The maximum absolute atomic E-state index is 13.5. The van der Waals surface area contributed by atoms with Crippen molar-refractivity contribution in [3.63, 3.8) is 0 Å². The second-order valence-corrected chi connectivity index (χ2v) is 14.1. The lowest BCUT2D eigenvalue weighted by Crippen LogP contribution is -2.50. The van der Waals surface area contributed by atoms with Gasteiger partial charge in [0.15, 0.2) is 6.10 Å². The van der Waals surface area contributed by atoms with E-state index in [0.29, 0.717) is 5.56 Å². The maximum Gasteiger partial charge on any atom is 0.348 e. The number of carbonyl (C=O) groups is 3. The van der Waals surface area contributed by atoms with E-state index in [4.69, 9.17) is 9.84 Å². The van der Waals surface area contributed by atoms with Crippen LogP contribution in [0, 0.1) is 35.5 Å². The summed E-state index contributed by atoms with van der Waals surface area (Å²) in [5, 5.41) is 28.6. The van der Waals surface area contributed by atoms with Gasteiger partial charge in [-0.05, 0) is 147 Å². The van der Waals surface area contributed by atoms with Gasteiger partial charge in [-0.2, -0.15) is 0 Å². The molecule has 0 radical (unpaired) electrons. The molecule has 8 aliphatic carbocycles. The molecule has 9 rings (SSSR count). The molecule has 0 amide bonds. The minimum Gasteiger partial charge on any atom is -0.479 e. The summed E-state index contributed by atoms with van der Waals surface area (Å²) in [6.45, 7) is 0. The predicted octanol–water partition coefficient (Wildman–Crippen LogP) is 4.68. The summed E-state index contributed by atoms with van der Waals surface area (Å²) in [5.74, 6) is 0.153. The Bertz CT molecular complexity index is 1050. The van der Waals surface area contributed by atoms with Gasteiger partial charge in [-0.15, -0.1) is 0 Å². The Balaban J connectivity index is 1.29. The average Bonchev–Trinajstić information content (AvgIpc) is 2.84. The summed E-state index contributed by atoms with van der Waals surface area (Å²) in [7, 11) is 0. The van der Waals surface area contributed by atoms with Crippen LogP contribution in [0.4, 0.5) is 0 Å². The number of hydrogen-bond donors (Lipinski definition) is 3. The molecule has 204 valence electrons. The molecular formula is C31H38O7. The van der Waals surface area contributed by atoms with E-state index in [-0.39, 0.29) is 10.8 Å². The van der Waals surface area contributed by atoms with Crippen molar-refractivity contribution in [1.82, 2.24) is 0 Å². The lowest BCUT2D eigenvalue weighted by Gasteiger charge is -2.58. The van der Waals surface area contributed by atoms with Crippen molar-refractivity contribution in [3.05, 3.63) is 34.9 Å². The van der Waals surface area contributed by atoms with Gasteiger partial charge in [0, 0.05) is 0 Å². The van der Waals surface area contributed by atoms with Gasteiger partial charge in [0.25, 0.3) is 0 Å². The highest BCUT2D eigenvalue weighted by Gasteiger charge is 2.54. The predicted molar refractivity (Wildman–Crippen MR) is 137 cm³/mol. The second-order valence-electron chi connectivity index (χ2n) is 14.1. The van der Waals surface area contributed by atoms with Crippen LogP contribution in [0.1, 0.15) is 98.5 Å². The minimum atomic E-state index is -2.33. The van der Waals surface area contributed by atoms with Gasteiger partial charge in [-0.1, -0.05) is 6.07 Å². The fraction of sp³-hybridized carbons (Fsp3) is 0.710. The molecule has 0 spiro atoms. The molecule has 8 bridgehead atoms. The first-order valence-electron chi connectivity index (χ1n) is 14.6. The number of carboxylic acids is 2. The number of aliphatic hydroxyl groups excluding tert-OH is 1. The lowest BCUT2D eigenvalue weighted by atomic mass is 9.46. The third kappa shape index (κ3) is 3.90. The number of carboxylic acid groups (broad SMARTS) is 2. The molecule has 3 N–H and O–H groups in total. The van der Waals surface area contributed by atoms with Crippen LogP contribution in [-0.4, -0.2) is 45.4 Å². The first kappa shape index (κ1) is 24.6. The molecule has 0 aliphatic heterocycles. The summed E-state index contributed by atoms with van der Waals surface area (Å²) in [4.78, 5) is 36.4. The van der Waals surface area contributed by atoms with Crippen molar-refractivity contribution >= 4 is 17.9 Å². The van der Waals surface area contributed by atoms with Crippen LogP contribution in [0.3, 0.4) is 0 Å². The zero-order valence-electron chi connectivity index (χ0n) is 21.8. The van der Waals surface area contributed by atoms with Crippen molar-refractivity contribution in [2.75, 3.05) is 0 Å². The van der Waals surface area contributed by atoms with Crippen molar-refractivity contribution < 1.29 is 34.4 Å². The van der Waals surface area contributed by atoms with Crippen molar-refractivity contribution in [1.29, 1.82) is 0 Å². The summed E-state index contributed by atoms with van der Waals surface area (Å²) in [6.07, 6.45) is 10.3. The first-order chi connectivity index (χ1) is 18.1. The van der Waals surface area contributed by atoms with Crippen LogP contribution >= 0.6 is 0 Å². The lowest BCUT2D eigenvalue weighted by molar-refractivity contribution is -0.166. The molecule has 0 heterocycles. The molecule has 7 heteroatoms. The SMILES string of the molecule is O=C(O[C@@H](C(=O)O)[C@H](O)C(=O)O)c1cc(C23CC4CC(CC(C4)C2)C3)cc(C23CC4CC(CC(C4)C2)C3)c1. The molecule has 8 aliphatic rings. The van der Waals surface area contributed by atoms with Crippen LogP contribution in [0.25, 0.3) is 0 Å². The van der Waals surface area contributed by atoms with Crippen LogP contribution in [-0.2, 0) is 25.2 Å². The van der Waals surface area contributed by atoms with Crippen LogP contribution in [0.5, 0.6) is 0 Å². The molecule has 38 heavy (non-hydrogen) atoms. The van der Waals surface area contributed by atoms with Crippen LogP contribution < -0.4 is 0 Å². The molecule has 0 saturated heterocycles. The van der Waals surface area contributed by atoms with Gasteiger partial charge < -0.3 is 20.1 Å². The zero-order chi connectivity index (χ0) is 26.4. The highest BCUT2D eigenvalue weighted by atomic mass is 16.6. The molecule has 0 aromatic heterocycles. The number of aliphatic carboxylic acids is 2. The van der Waals surface area contributed by atoms with Gasteiger partial charge in [0.1, 0.15) is 0 Å². The van der Waals surface area contributed by atoms with Gasteiger partial charge in [0.2, 0.25) is 6.10 Å². The van der Waals surface area contributed by atoms with E-state index in [9.17, 15) is 24.6 Å². The monoisotopic (exact) mass is 522 g/mol. The molecular weight excluding hydrogens is 484 g/mol. The smallest absolute Gasteiger partial charge is 0.348 e. The van der Waals surface area contributed by atoms with E-state index in [1.807, 2.05) is 12.1 Å². The van der Waals surface area contributed by atoms with Gasteiger partial charge in [-0.3, -0.25) is 0 Å². The normalized spacial score (nSPS) is 41.6. The Morgan fingerprint density at radius 2 is 1.03 bits per heavy atom. The Morgan fingerprint density at radius 3 is 1.34 bits per heavy atom. The summed E-state index contributed by atoms with van der Waals surface area (Å²) < 4.78 is 5.20. The Hall–Kier alpha value is -2.41.